The summed E-state index contributed by atoms with van der Waals surface area (Å²) >= 11 is 2.06. The molecule has 2 aliphatic rings. The average molecular weight is 316 g/mol. The topological polar surface area (TPSA) is 34.0 Å². The van der Waals surface area contributed by atoms with E-state index in [9.17, 15) is 0 Å². The number of hydrogen-bond donors (Lipinski definition) is 0. The number of rotatable bonds is 3. The zero-order chi connectivity index (χ0) is 15.1. The molecular weight excluding hydrogens is 292 g/mol. The van der Waals surface area contributed by atoms with E-state index in [2.05, 4.69) is 46.1 Å². The van der Waals surface area contributed by atoms with Gasteiger partial charge in [0.1, 0.15) is 11.3 Å². The van der Waals surface area contributed by atoms with Crippen molar-refractivity contribution in [3.8, 4) is 0 Å². The normalized spacial score (nSPS) is 26.5. The van der Waals surface area contributed by atoms with Crippen LogP contribution < -0.4 is 0 Å². The van der Waals surface area contributed by atoms with Gasteiger partial charge in [-0.25, -0.2) is 9.97 Å². The highest BCUT2D eigenvalue weighted by Crippen LogP contribution is 2.43. The maximum atomic E-state index is 4.99. The molecule has 2 aromatic rings. The van der Waals surface area contributed by atoms with Crippen molar-refractivity contribution in [3.63, 3.8) is 0 Å². The highest BCUT2D eigenvalue weighted by molar-refractivity contribution is 7.99. The van der Waals surface area contributed by atoms with E-state index < -0.39 is 0 Å². The summed E-state index contributed by atoms with van der Waals surface area (Å²) in [6, 6.07) is 4.68. The van der Waals surface area contributed by atoms with Crippen molar-refractivity contribution >= 4 is 22.9 Å². The fraction of sp³-hybridized carbons (Fsp3) is 0.647. The third kappa shape index (κ3) is 2.35. The first-order valence-electron chi connectivity index (χ1n) is 8.46. The molecule has 2 atom stereocenters. The van der Waals surface area contributed by atoms with Crippen molar-refractivity contribution in [1.29, 1.82) is 0 Å². The molecule has 4 nitrogen and oxygen atoms in total. The number of hydrogen-bond acceptors (Lipinski definition) is 4. The Morgan fingerprint density at radius 2 is 2.18 bits per heavy atom. The zero-order valence-corrected chi connectivity index (χ0v) is 14.2. The minimum absolute atomic E-state index is 0.427. The van der Waals surface area contributed by atoms with Crippen LogP contribution in [0.3, 0.4) is 0 Å². The van der Waals surface area contributed by atoms with E-state index in [4.69, 9.17) is 4.98 Å². The van der Waals surface area contributed by atoms with Crippen LogP contribution in [-0.4, -0.2) is 37.8 Å². The molecule has 0 radical (unpaired) electrons. The lowest BCUT2D eigenvalue weighted by Gasteiger charge is -2.31. The van der Waals surface area contributed by atoms with Crippen LogP contribution >= 0.6 is 11.8 Å². The van der Waals surface area contributed by atoms with Gasteiger partial charge < -0.3 is 0 Å². The number of pyridine rings is 1. The number of fused-ring (bicyclic) bond motifs is 1. The van der Waals surface area contributed by atoms with E-state index in [1.807, 2.05) is 12.3 Å². The van der Waals surface area contributed by atoms with Gasteiger partial charge in [0.25, 0.3) is 0 Å². The number of aromatic nitrogens is 3. The van der Waals surface area contributed by atoms with E-state index in [0.717, 1.165) is 11.2 Å². The molecule has 0 aromatic carbocycles. The maximum Gasteiger partial charge on any atom is 0.161 e. The average Bonchev–Trinajstić information content (AvgIpc) is 3.24. The fourth-order valence-electron chi connectivity index (χ4n) is 3.90. The molecule has 4 heterocycles. The Bertz CT molecular complexity index is 660. The van der Waals surface area contributed by atoms with Gasteiger partial charge in [0.05, 0.1) is 11.4 Å². The minimum Gasteiger partial charge on any atom is -0.295 e. The van der Waals surface area contributed by atoms with E-state index in [0.29, 0.717) is 17.5 Å². The molecule has 0 amide bonds. The minimum atomic E-state index is 0.427. The first-order valence-corrected chi connectivity index (χ1v) is 9.51. The summed E-state index contributed by atoms with van der Waals surface area (Å²) in [4.78, 5) is 12.3. The molecule has 4 rings (SSSR count). The van der Waals surface area contributed by atoms with E-state index in [1.165, 1.54) is 43.8 Å². The predicted molar refractivity (Wildman–Crippen MR) is 92.1 cm³/mol. The SMILES string of the molecule is CC(C)N1CCCC1n1c(C2CCCS2)nc2cccnc21. The highest BCUT2D eigenvalue weighted by atomic mass is 32.2. The third-order valence-corrected chi connectivity index (χ3v) is 6.29. The molecule has 2 saturated heterocycles. The Balaban J connectivity index is 1.85. The second-order valence-electron chi connectivity index (χ2n) is 6.64. The van der Waals surface area contributed by atoms with Gasteiger partial charge in [0, 0.05) is 18.8 Å². The number of thioether (sulfide) groups is 1. The summed E-state index contributed by atoms with van der Waals surface area (Å²) in [5.41, 5.74) is 2.13. The molecule has 0 saturated carbocycles. The van der Waals surface area contributed by atoms with E-state index in [-0.39, 0.29) is 0 Å². The second-order valence-corrected chi connectivity index (χ2v) is 7.95. The summed E-state index contributed by atoms with van der Waals surface area (Å²) in [6.07, 6.45) is 7.38. The van der Waals surface area contributed by atoms with Crippen LogP contribution in [0.15, 0.2) is 18.3 Å². The van der Waals surface area contributed by atoms with Crippen LogP contribution in [0.2, 0.25) is 0 Å². The summed E-state index contributed by atoms with van der Waals surface area (Å²) in [7, 11) is 0. The summed E-state index contributed by atoms with van der Waals surface area (Å²) in [5, 5.41) is 0.545. The highest BCUT2D eigenvalue weighted by Gasteiger charge is 2.34. The largest absolute Gasteiger partial charge is 0.295 e. The summed E-state index contributed by atoms with van der Waals surface area (Å²) in [5.74, 6) is 2.52. The van der Waals surface area contributed by atoms with Crippen molar-refractivity contribution < 1.29 is 0 Å². The van der Waals surface area contributed by atoms with Crippen LogP contribution in [0.1, 0.15) is 56.8 Å². The Morgan fingerprint density at radius 3 is 2.95 bits per heavy atom. The van der Waals surface area contributed by atoms with Crippen molar-refractivity contribution in [3.05, 3.63) is 24.2 Å². The monoisotopic (exact) mass is 316 g/mol. The van der Waals surface area contributed by atoms with Crippen molar-refractivity contribution in [2.75, 3.05) is 12.3 Å². The maximum absolute atomic E-state index is 4.99. The number of nitrogens with zero attached hydrogens (tertiary/aromatic N) is 4. The molecule has 2 fully saturated rings. The first kappa shape index (κ1) is 14.5. The molecule has 0 bridgehead atoms. The molecular formula is C17H24N4S. The molecule has 118 valence electrons. The van der Waals surface area contributed by atoms with Gasteiger partial charge in [-0.1, -0.05) is 0 Å². The van der Waals surface area contributed by atoms with Crippen LogP contribution in [0, 0.1) is 0 Å². The van der Waals surface area contributed by atoms with Crippen LogP contribution in [-0.2, 0) is 0 Å². The molecule has 0 N–H and O–H groups in total. The van der Waals surface area contributed by atoms with E-state index >= 15 is 0 Å². The van der Waals surface area contributed by atoms with Gasteiger partial charge in [-0.2, -0.15) is 11.8 Å². The molecule has 5 heteroatoms. The quantitative estimate of drug-likeness (QED) is 0.857. The Morgan fingerprint density at radius 1 is 1.27 bits per heavy atom. The zero-order valence-electron chi connectivity index (χ0n) is 13.4. The van der Waals surface area contributed by atoms with Gasteiger partial charge in [-0.05, 0) is 57.4 Å². The Hall–Kier alpha value is -1.07. The van der Waals surface area contributed by atoms with Crippen molar-refractivity contribution in [2.45, 2.75) is 57.0 Å². The third-order valence-electron chi connectivity index (χ3n) is 4.92. The molecule has 2 aliphatic heterocycles. The van der Waals surface area contributed by atoms with Crippen LogP contribution in [0.5, 0.6) is 0 Å². The molecule has 0 aliphatic carbocycles. The van der Waals surface area contributed by atoms with Gasteiger partial charge in [0.15, 0.2) is 5.65 Å². The van der Waals surface area contributed by atoms with Crippen LogP contribution in [0.25, 0.3) is 11.2 Å². The predicted octanol–water partition coefficient (Wildman–Crippen LogP) is 4.00. The number of likely N-dealkylation sites (tertiary alicyclic amines) is 1. The van der Waals surface area contributed by atoms with Gasteiger partial charge >= 0.3 is 0 Å². The van der Waals surface area contributed by atoms with Gasteiger partial charge in [0.2, 0.25) is 0 Å². The lowest BCUT2D eigenvalue weighted by Crippen LogP contribution is -2.34. The Kier molecular flexibility index (Phi) is 3.86. The molecule has 0 spiro atoms. The molecule has 2 unspecified atom stereocenters. The smallest absolute Gasteiger partial charge is 0.161 e. The van der Waals surface area contributed by atoms with E-state index in [1.54, 1.807) is 0 Å². The van der Waals surface area contributed by atoms with Crippen molar-refractivity contribution in [2.24, 2.45) is 0 Å². The first-order chi connectivity index (χ1) is 10.8. The molecule has 22 heavy (non-hydrogen) atoms. The summed E-state index contributed by atoms with van der Waals surface area (Å²) < 4.78 is 2.46. The molecule has 2 aromatic heterocycles. The van der Waals surface area contributed by atoms with Gasteiger partial charge in [-0.15, -0.1) is 0 Å². The lowest BCUT2D eigenvalue weighted by molar-refractivity contribution is 0.152. The van der Waals surface area contributed by atoms with Gasteiger partial charge in [-0.3, -0.25) is 9.47 Å². The standard InChI is InChI=1S/C17H24N4S/c1-12(2)20-10-4-8-15(20)21-16-13(6-3-9-18-16)19-17(21)14-7-5-11-22-14/h3,6,9,12,14-15H,4-5,7-8,10-11H2,1-2H3. The van der Waals surface area contributed by atoms with Crippen LogP contribution in [0.4, 0.5) is 0 Å². The Labute approximate surface area is 136 Å². The number of imidazole rings is 1. The fourth-order valence-corrected chi connectivity index (χ4v) is 5.17. The lowest BCUT2D eigenvalue weighted by atomic mass is 10.2. The van der Waals surface area contributed by atoms with Crippen molar-refractivity contribution in [1.82, 2.24) is 19.4 Å². The summed E-state index contributed by atoms with van der Waals surface area (Å²) in [6.45, 7) is 5.79. The second kappa shape index (κ2) is 5.85.